The molecule has 1 heterocycles. The van der Waals surface area contributed by atoms with Crippen LogP contribution in [0.25, 0.3) is 0 Å². The molecule has 0 fully saturated rings. The van der Waals surface area contributed by atoms with Crippen LogP contribution in [0.2, 0.25) is 0 Å². The van der Waals surface area contributed by atoms with Gasteiger partial charge in [0.2, 0.25) is 0 Å². The Hall–Kier alpha value is -1.53. The molecule has 1 rings (SSSR count). The molecule has 0 saturated carbocycles. The molecule has 0 radical (unpaired) electrons. The summed E-state index contributed by atoms with van der Waals surface area (Å²) < 4.78 is 0. The van der Waals surface area contributed by atoms with Crippen LogP contribution < -0.4 is 11.5 Å². The number of hydrogen-bond acceptors (Lipinski definition) is 5. The van der Waals surface area contributed by atoms with Gasteiger partial charge in [0.05, 0.1) is 6.04 Å². The number of carbonyl (C=O) groups excluding carboxylic acids is 3. The Bertz CT molecular complexity index is 320. The van der Waals surface area contributed by atoms with Gasteiger partial charge in [-0.25, -0.2) is 4.90 Å². The van der Waals surface area contributed by atoms with Gasteiger partial charge in [-0.2, -0.15) is 0 Å². The van der Waals surface area contributed by atoms with Gasteiger partial charge >= 0.3 is 0 Å². The molecule has 6 nitrogen and oxygen atoms in total. The van der Waals surface area contributed by atoms with Gasteiger partial charge in [0, 0.05) is 12.2 Å². The first-order chi connectivity index (χ1) is 7.57. The second-order valence-electron chi connectivity index (χ2n) is 3.57. The van der Waals surface area contributed by atoms with Gasteiger partial charge in [-0.3, -0.25) is 14.4 Å². The number of nitrogens with zero attached hydrogens (tertiary/aromatic N) is 1. The fourth-order valence-corrected chi connectivity index (χ4v) is 1.42. The van der Waals surface area contributed by atoms with Gasteiger partial charge in [-0.1, -0.05) is 6.42 Å². The average molecular weight is 225 g/mol. The van der Waals surface area contributed by atoms with Crippen molar-refractivity contribution in [1.82, 2.24) is 4.90 Å². The van der Waals surface area contributed by atoms with E-state index in [0.717, 1.165) is 18.6 Å². The summed E-state index contributed by atoms with van der Waals surface area (Å²) in [6.07, 6.45) is 4.01. The van der Waals surface area contributed by atoms with E-state index in [1.807, 2.05) is 0 Å². The van der Waals surface area contributed by atoms with Crippen molar-refractivity contribution in [3.05, 3.63) is 12.2 Å². The number of unbranched alkanes of at least 4 members (excludes halogenated alkanes) is 1. The van der Waals surface area contributed by atoms with Gasteiger partial charge in [0.15, 0.2) is 0 Å². The summed E-state index contributed by atoms with van der Waals surface area (Å²) in [4.78, 5) is 34.6. The highest BCUT2D eigenvalue weighted by molar-refractivity contribution is 6.23. The Kier molecular flexibility index (Phi) is 4.33. The molecule has 16 heavy (non-hydrogen) atoms. The molecule has 0 aromatic rings. The maximum Gasteiger partial charge on any atom is 0.260 e. The summed E-state index contributed by atoms with van der Waals surface area (Å²) in [6.45, 7) is 0.532. The minimum absolute atomic E-state index is 0.424. The molecule has 0 aromatic heterocycles. The van der Waals surface area contributed by atoms with Crippen molar-refractivity contribution >= 4 is 17.7 Å². The lowest BCUT2D eigenvalue weighted by Crippen LogP contribution is -2.46. The van der Waals surface area contributed by atoms with Crippen molar-refractivity contribution in [3.8, 4) is 0 Å². The largest absolute Gasteiger partial charge is 0.330 e. The number of amides is 3. The number of hydrogen-bond donors (Lipinski definition) is 2. The first-order valence-electron chi connectivity index (χ1n) is 5.13. The summed E-state index contributed by atoms with van der Waals surface area (Å²) in [6, 6.07) is -0.820. The van der Waals surface area contributed by atoms with E-state index >= 15 is 0 Å². The van der Waals surface area contributed by atoms with Crippen LogP contribution in [0.1, 0.15) is 19.3 Å². The summed E-state index contributed by atoms with van der Waals surface area (Å²) in [5.41, 5.74) is 10.9. The van der Waals surface area contributed by atoms with E-state index in [0.29, 0.717) is 24.3 Å². The third-order valence-electron chi connectivity index (χ3n) is 2.32. The molecule has 4 N–H and O–H groups in total. The summed E-state index contributed by atoms with van der Waals surface area (Å²) in [5.74, 6) is -1.88. The third kappa shape index (κ3) is 2.74. The molecule has 0 bridgehead atoms. The van der Waals surface area contributed by atoms with Crippen LogP contribution in [-0.2, 0) is 14.4 Å². The summed E-state index contributed by atoms with van der Waals surface area (Å²) >= 11 is 0. The van der Waals surface area contributed by atoms with Crippen molar-refractivity contribution in [2.24, 2.45) is 11.5 Å². The van der Waals surface area contributed by atoms with Crippen molar-refractivity contribution < 1.29 is 14.4 Å². The quantitative estimate of drug-likeness (QED) is 0.456. The van der Waals surface area contributed by atoms with Crippen LogP contribution in [0.3, 0.4) is 0 Å². The third-order valence-corrected chi connectivity index (χ3v) is 2.32. The molecule has 1 aliphatic rings. The number of rotatable bonds is 5. The molecular weight excluding hydrogens is 210 g/mol. The first-order valence-corrected chi connectivity index (χ1v) is 5.13. The lowest BCUT2D eigenvalue weighted by atomic mass is 10.1. The zero-order chi connectivity index (χ0) is 12.1. The Morgan fingerprint density at radius 1 is 1.25 bits per heavy atom. The number of nitrogens with two attached hydrogens (primary N) is 2. The number of imide groups is 3. The molecule has 3 amide bonds. The summed E-state index contributed by atoms with van der Waals surface area (Å²) in [5, 5.41) is 0. The van der Waals surface area contributed by atoms with E-state index in [9.17, 15) is 14.4 Å². The van der Waals surface area contributed by atoms with Crippen LogP contribution in [0.15, 0.2) is 12.2 Å². The Morgan fingerprint density at radius 3 is 2.31 bits per heavy atom. The minimum atomic E-state index is -0.820. The second-order valence-corrected chi connectivity index (χ2v) is 3.57. The predicted octanol–water partition coefficient (Wildman–Crippen LogP) is -1.11. The van der Waals surface area contributed by atoms with Crippen molar-refractivity contribution in [2.45, 2.75) is 25.3 Å². The van der Waals surface area contributed by atoms with Crippen LogP contribution >= 0.6 is 0 Å². The fourth-order valence-electron chi connectivity index (χ4n) is 1.42. The maximum absolute atomic E-state index is 11.6. The fraction of sp³-hybridized carbons (Fsp3) is 0.500. The normalized spacial score (nSPS) is 17.0. The van der Waals surface area contributed by atoms with Gasteiger partial charge in [0.25, 0.3) is 17.7 Å². The van der Waals surface area contributed by atoms with Gasteiger partial charge in [-0.05, 0) is 19.4 Å². The smallest absolute Gasteiger partial charge is 0.260 e. The van der Waals surface area contributed by atoms with E-state index < -0.39 is 23.8 Å². The van der Waals surface area contributed by atoms with Crippen molar-refractivity contribution in [3.63, 3.8) is 0 Å². The number of carbonyl (C=O) groups is 3. The average Bonchev–Trinajstić information content (AvgIpc) is 2.58. The Morgan fingerprint density at radius 2 is 1.81 bits per heavy atom. The molecule has 6 heteroatoms. The molecule has 0 aliphatic carbocycles. The highest BCUT2D eigenvalue weighted by atomic mass is 16.2. The van der Waals surface area contributed by atoms with Gasteiger partial charge in [-0.15, -0.1) is 0 Å². The lowest BCUT2D eigenvalue weighted by Gasteiger charge is -2.16. The van der Waals surface area contributed by atoms with Gasteiger partial charge in [0.1, 0.15) is 0 Å². The second kappa shape index (κ2) is 5.53. The van der Waals surface area contributed by atoms with Gasteiger partial charge < -0.3 is 11.5 Å². The molecule has 0 saturated heterocycles. The molecule has 0 aromatic carbocycles. The monoisotopic (exact) mass is 225 g/mol. The Balaban J connectivity index is 2.51. The van der Waals surface area contributed by atoms with Crippen LogP contribution in [0, 0.1) is 0 Å². The van der Waals surface area contributed by atoms with E-state index in [-0.39, 0.29) is 0 Å². The molecule has 0 spiro atoms. The zero-order valence-electron chi connectivity index (χ0n) is 8.89. The topological polar surface area (TPSA) is 106 Å². The van der Waals surface area contributed by atoms with E-state index in [2.05, 4.69) is 0 Å². The molecule has 88 valence electrons. The molecule has 1 aliphatic heterocycles. The Labute approximate surface area is 93.3 Å². The molecule has 0 unspecified atom stereocenters. The standard InChI is InChI=1S/C10H15N3O3/c11-6-2-1-3-7(12)10(16)13-8(14)4-5-9(13)15/h4-5,7H,1-3,6,11-12H2/t7-/m0/s1. The summed E-state index contributed by atoms with van der Waals surface area (Å²) in [7, 11) is 0. The lowest BCUT2D eigenvalue weighted by molar-refractivity contribution is -0.149. The van der Waals surface area contributed by atoms with Crippen LogP contribution in [0.5, 0.6) is 0 Å². The zero-order valence-corrected chi connectivity index (χ0v) is 8.89. The molecular formula is C10H15N3O3. The first kappa shape index (κ1) is 12.5. The maximum atomic E-state index is 11.6. The van der Waals surface area contributed by atoms with E-state index in [1.165, 1.54) is 0 Å². The van der Waals surface area contributed by atoms with Crippen LogP contribution in [0.4, 0.5) is 0 Å². The predicted molar refractivity (Wildman–Crippen MR) is 56.9 cm³/mol. The highest BCUT2D eigenvalue weighted by Crippen LogP contribution is 2.08. The SMILES string of the molecule is NCCCC[C@H](N)C(=O)N1C(=O)C=CC1=O. The molecule has 1 atom stereocenters. The van der Waals surface area contributed by atoms with Crippen molar-refractivity contribution in [2.75, 3.05) is 6.54 Å². The van der Waals surface area contributed by atoms with E-state index in [4.69, 9.17) is 11.5 Å². The van der Waals surface area contributed by atoms with Crippen molar-refractivity contribution in [1.29, 1.82) is 0 Å². The highest BCUT2D eigenvalue weighted by Gasteiger charge is 2.32. The minimum Gasteiger partial charge on any atom is -0.330 e. The van der Waals surface area contributed by atoms with E-state index in [1.54, 1.807) is 0 Å². The van der Waals surface area contributed by atoms with Crippen LogP contribution in [-0.4, -0.2) is 35.2 Å².